The zero-order valence-electron chi connectivity index (χ0n) is 6.24. The average molecular weight is 155 g/mol. The molecule has 11 heavy (non-hydrogen) atoms. The maximum atomic E-state index is 10.8. The van der Waals surface area contributed by atoms with E-state index >= 15 is 0 Å². The highest BCUT2D eigenvalue weighted by Crippen LogP contribution is 2.01. The zero-order chi connectivity index (χ0) is 8.69. The monoisotopic (exact) mass is 155 g/mol. The molecule has 0 aliphatic carbocycles. The quantitative estimate of drug-likeness (QED) is 0.432. The minimum atomic E-state index is -0.938. The van der Waals surface area contributed by atoms with Crippen molar-refractivity contribution in [3.05, 3.63) is 0 Å². The van der Waals surface area contributed by atoms with Crippen molar-refractivity contribution < 1.29 is 14.3 Å². The van der Waals surface area contributed by atoms with E-state index in [-0.39, 0.29) is 13.0 Å². The fraction of sp³-hybridized carbons (Fsp3) is 0.571. The number of ether oxygens (including phenoxy) is 1. The first-order chi connectivity index (χ1) is 5.26. The fourth-order valence-corrected chi connectivity index (χ4v) is 0.541. The summed E-state index contributed by atoms with van der Waals surface area (Å²) in [7, 11) is 0. The Bertz CT molecular complexity index is 183. The van der Waals surface area contributed by atoms with Crippen molar-refractivity contribution in [1.29, 1.82) is 5.26 Å². The summed E-state index contributed by atoms with van der Waals surface area (Å²) in [5, 5.41) is 8.34. The number of carbonyl (C=O) groups is 2. The molecule has 1 unspecified atom stereocenters. The minimum Gasteiger partial charge on any atom is -0.465 e. The van der Waals surface area contributed by atoms with E-state index in [0.29, 0.717) is 6.29 Å². The van der Waals surface area contributed by atoms with Gasteiger partial charge >= 0.3 is 5.97 Å². The van der Waals surface area contributed by atoms with Crippen LogP contribution >= 0.6 is 0 Å². The van der Waals surface area contributed by atoms with Crippen LogP contribution in [0.2, 0.25) is 0 Å². The van der Waals surface area contributed by atoms with Crippen LogP contribution in [0.15, 0.2) is 0 Å². The Morgan fingerprint density at radius 2 is 2.45 bits per heavy atom. The van der Waals surface area contributed by atoms with Gasteiger partial charge in [0.05, 0.1) is 12.7 Å². The number of hydrogen-bond acceptors (Lipinski definition) is 4. The third-order valence-electron chi connectivity index (χ3n) is 1.06. The van der Waals surface area contributed by atoms with E-state index in [1.807, 2.05) is 0 Å². The van der Waals surface area contributed by atoms with Crippen LogP contribution in [0.25, 0.3) is 0 Å². The molecule has 4 nitrogen and oxygen atoms in total. The summed E-state index contributed by atoms with van der Waals surface area (Å²) in [6.07, 6.45) is 0.445. The second-order valence-corrected chi connectivity index (χ2v) is 1.84. The largest absolute Gasteiger partial charge is 0.465 e. The Balaban J connectivity index is 3.94. The van der Waals surface area contributed by atoms with Crippen molar-refractivity contribution in [3.8, 4) is 6.07 Å². The highest BCUT2D eigenvalue weighted by molar-refractivity contribution is 5.78. The molecule has 0 fully saturated rings. The van der Waals surface area contributed by atoms with Gasteiger partial charge in [0.2, 0.25) is 0 Å². The smallest absolute Gasteiger partial charge is 0.323 e. The lowest BCUT2D eigenvalue weighted by Gasteiger charge is -2.02. The topological polar surface area (TPSA) is 67.2 Å². The minimum absolute atomic E-state index is 0.0880. The van der Waals surface area contributed by atoms with Crippen molar-refractivity contribution in [1.82, 2.24) is 0 Å². The molecule has 0 aliphatic heterocycles. The Morgan fingerprint density at radius 1 is 1.82 bits per heavy atom. The molecule has 0 radical (unpaired) electrons. The van der Waals surface area contributed by atoms with E-state index in [0.717, 1.165) is 0 Å². The van der Waals surface area contributed by atoms with Crippen LogP contribution < -0.4 is 0 Å². The van der Waals surface area contributed by atoms with Gasteiger partial charge in [0, 0.05) is 6.42 Å². The molecule has 0 saturated carbocycles. The molecule has 0 spiro atoms. The first-order valence-electron chi connectivity index (χ1n) is 3.26. The van der Waals surface area contributed by atoms with Gasteiger partial charge < -0.3 is 9.53 Å². The fourth-order valence-electron chi connectivity index (χ4n) is 0.541. The summed E-state index contributed by atoms with van der Waals surface area (Å²) in [6.45, 7) is 1.88. The van der Waals surface area contributed by atoms with E-state index in [1.54, 1.807) is 13.0 Å². The van der Waals surface area contributed by atoms with Crippen LogP contribution in [0, 0.1) is 17.2 Å². The van der Waals surface area contributed by atoms with Gasteiger partial charge in [-0.2, -0.15) is 5.26 Å². The molecule has 1 atom stereocenters. The predicted molar refractivity (Wildman–Crippen MR) is 36.4 cm³/mol. The molecule has 0 aliphatic rings. The van der Waals surface area contributed by atoms with E-state index in [1.165, 1.54) is 0 Å². The number of rotatable bonds is 4. The van der Waals surface area contributed by atoms with Crippen LogP contribution in [-0.4, -0.2) is 18.9 Å². The van der Waals surface area contributed by atoms with Crippen LogP contribution in [0.3, 0.4) is 0 Å². The normalized spacial score (nSPS) is 11.3. The van der Waals surface area contributed by atoms with Gasteiger partial charge in [-0.3, -0.25) is 4.79 Å². The van der Waals surface area contributed by atoms with Crippen LogP contribution in [-0.2, 0) is 14.3 Å². The highest BCUT2D eigenvalue weighted by Gasteiger charge is 2.17. The number of esters is 1. The Kier molecular flexibility index (Phi) is 4.74. The highest BCUT2D eigenvalue weighted by atomic mass is 16.5. The number of aldehydes is 1. The van der Waals surface area contributed by atoms with Crippen molar-refractivity contribution in [2.24, 2.45) is 5.92 Å². The Hall–Kier alpha value is -1.37. The molecule has 0 aromatic heterocycles. The number of nitrogens with zero attached hydrogens (tertiary/aromatic N) is 1. The molecular formula is C7H9NO3. The van der Waals surface area contributed by atoms with Gasteiger partial charge in [0.1, 0.15) is 6.29 Å². The van der Waals surface area contributed by atoms with E-state index in [9.17, 15) is 9.59 Å². The van der Waals surface area contributed by atoms with Crippen molar-refractivity contribution in [3.63, 3.8) is 0 Å². The molecule has 0 heterocycles. The van der Waals surface area contributed by atoms with Gasteiger partial charge in [-0.25, -0.2) is 0 Å². The third kappa shape index (κ3) is 3.36. The second kappa shape index (κ2) is 5.42. The lowest BCUT2D eigenvalue weighted by Crippen LogP contribution is -2.16. The van der Waals surface area contributed by atoms with Gasteiger partial charge in [0.25, 0.3) is 0 Å². The van der Waals surface area contributed by atoms with Gasteiger partial charge in [0.15, 0.2) is 5.92 Å². The summed E-state index contributed by atoms with van der Waals surface area (Å²) in [5.74, 6) is -1.56. The van der Waals surface area contributed by atoms with E-state index in [4.69, 9.17) is 5.26 Å². The summed E-state index contributed by atoms with van der Waals surface area (Å²) < 4.78 is 4.53. The average Bonchev–Trinajstić information content (AvgIpc) is 2.00. The molecule has 4 heteroatoms. The van der Waals surface area contributed by atoms with Gasteiger partial charge in [-0.1, -0.05) is 0 Å². The van der Waals surface area contributed by atoms with Gasteiger partial charge in [-0.15, -0.1) is 0 Å². The Labute approximate surface area is 64.8 Å². The Morgan fingerprint density at radius 3 is 2.82 bits per heavy atom. The zero-order valence-corrected chi connectivity index (χ0v) is 6.24. The van der Waals surface area contributed by atoms with Crippen molar-refractivity contribution in [2.45, 2.75) is 13.3 Å². The molecule has 0 saturated heterocycles. The van der Waals surface area contributed by atoms with Crippen molar-refractivity contribution in [2.75, 3.05) is 6.61 Å². The standard InChI is InChI=1S/C7H9NO3/c1-2-11-7(10)6(5-8)3-4-9/h4,6H,2-3H2,1H3. The van der Waals surface area contributed by atoms with E-state index in [2.05, 4.69) is 4.74 Å². The maximum absolute atomic E-state index is 10.8. The van der Waals surface area contributed by atoms with Crippen molar-refractivity contribution >= 4 is 12.3 Å². The number of nitriles is 1. The molecule has 0 amide bonds. The van der Waals surface area contributed by atoms with Crippen LogP contribution in [0.4, 0.5) is 0 Å². The molecular weight excluding hydrogens is 146 g/mol. The molecule has 60 valence electrons. The molecule has 0 rings (SSSR count). The van der Waals surface area contributed by atoms with E-state index < -0.39 is 11.9 Å². The second-order valence-electron chi connectivity index (χ2n) is 1.84. The first kappa shape index (κ1) is 9.63. The summed E-state index contributed by atoms with van der Waals surface area (Å²) >= 11 is 0. The number of carbonyl (C=O) groups excluding carboxylic acids is 2. The molecule has 0 bridgehead atoms. The first-order valence-corrected chi connectivity index (χ1v) is 3.26. The lowest BCUT2D eigenvalue weighted by molar-refractivity contribution is -0.146. The summed E-state index contributed by atoms with van der Waals surface area (Å²) in [5.41, 5.74) is 0. The third-order valence-corrected chi connectivity index (χ3v) is 1.06. The summed E-state index contributed by atoms with van der Waals surface area (Å²) in [6, 6.07) is 1.68. The molecule has 0 aromatic rings. The predicted octanol–water partition coefficient (Wildman–Crippen LogP) is 0.278. The molecule has 0 N–H and O–H groups in total. The van der Waals surface area contributed by atoms with Gasteiger partial charge in [-0.05, 0) is 6.92 Å². The van der Waals surface area contributed by atoms with Crippen LogP contribution in [0.1, 0.15) is 13.3 Å². The summed E-state index contributed by atoms with van der Waals surface area (Å²) in [4.78, 5) is 20.7. The SMILES string of the molecule is CCOC(=O)C(C#N)CC=O. The lowest BCUT2D eigenvalue weighted by atomic mass is 10.1. The number of hydrogen-bond donors (Lipinski definition) is 0. The van der Waals surface area contributed by atoms with Crippen LogP contribution in [0.5, 0.6) is 0 Å². The molecule has 0 aromatic carbocycles. The maximum Gasteiger partial charge on any atom is 0.323 e.